The number of rotatable bonds is 2. The average molecular weight is 168 g/mol. The van der Waals surface area contributed by atoms with Gasteiger partial charge in [0.25, 0.3) is 0 Å². The van der Waals surface area contributed by atoms with Crippen LogP contribution in [0.1, 0.15) is 16.2 Å². The van der Waals surface area contributed by atoms with Gasteiger partial charge in [0.15, 0.2) is 11.4 Å². The standard InChI is InChI=1S/C7H8N2OS/c1-5-3-6(4-10)9-7(8-5)11-2/h3-4H,1-2H3. The van der Waals surface area contributed by atoms with Gasteiger partial charge in [-0.1, -0.05) is 11.8 Å². The molecule has 4 heteroatoms. The van der Waals surface area contributed by atoms with Crippen molar-refractivity contribution in [3.05, 3.63) is 17.5 Å². The van der Waals surface area contributed by atoms with Crippen LogP contribution in [-0.2, 0) is 0 Å². The van der Waals surface area contributed by atoms with Crippen molar-refractivity contribution in [3.63, 3.8) is 0 Å². The van der Waals surface area contributed by atoms with Crippen LogP contribution in [0.2, 0.25) is 0 Å². The molecule has 0 aliphatic rings. The quantitative estimate of drug-likeness (QED) is 0.379. The van der Waals surface area contributed by atoms with E-state index in [9.17, 15) is 4.79 Å². The molecule has 0 amide bonds. The number of hydrogen-bond donors (Lipinski definition) is 0. The number of aromatic nitrogens is 2. The SMILES string of the molecule is CSc1nc(C)cc(C=O)n1. The van der Waals surface area contributed by atoms with Crippen molar-refractivity contribution in [1.29, 1.82) is 0 Å². The maximum Gasteiger partial charge on any atom is 0.188 e. The normalized spacial score (nSPS) is 9.64. The van der Waals surface area contributed by atoms with Crippen LogP contribution in [0.25, 0.3) is 0 Å². The third kappa shape index (κ3) is 2.01. The fourth-order valence-corrected chi connectivity index (χ4v) is 1.15. The van der Waals surface area contributed by atoms with Crippen LogP contribution in [0.3, 0.4) is 0 Å². The molecule has 0 spiro atoms. The molecule has 58 valence electrons. The molecule has 1 heterocycles. The summed E-state index contributed by atoms with van der Waals surface area (Å²) in [4.78, 5) is 18.4. The molecule has 1 rings (SSSR count). The molecule has 0 bridgehead atoms. The maximum absolute atomic E-state index is 10.3. The van der Waals surface area contributed by atoms with E-state index in [0.29, 0.717) is 10.9 Å². The molecule has 0 saturated heterocycles. The van der Waals surface area contributed by atoms with E-state index in [2.05, 4.69) is 9.97 Å². The van der Waals surface area contributed by atoms with Gasteiger partial charge in [-0.15, -0.1) is 0 Å². The highest BCUT2D eigenvalue weighted by Crippen LogP contribution is 2.08. The highest BCUT2D eigenvalue weighted by molar-refractivity contribution is 7.98. The Bertz CT molecular complexity index is 275. The molecular weight excluding hydrogens is 160 g/mol. The smallest absolute Gasteiger partial charge is 0.188 e. The van der Waals surface area contributed by atoms with Crippen LogP contribution in [-0.4, -0.2) is 22.5 Å². The van der Waals surface area contributed by atoms with E-state index in [1.54, 1.807) is 6.07 Å². The zero-order chi connectivity index (χ0) is 8.27. The summed E-state index contributed by atoms with van der Waals surface area (Å²) in [6, 6.07) is 1.66. The van der Waals surface area contributed by atoms with Gasteiger partial charge in [-0.25, -0.2) is 9.97 Å². The molecule has 0 aliphatic heterocycles. The lowest BCUT2D eigenvalue weighted by Gasteiger charge is -1.96. The number of nitrogens with zero attached hydrogens (tertiary/aromatic N) is 2. The minimum atomic E-state index is 0.446. The number of aldehydes is 1. The zero-order valence-electron chi connectivity index (χ0n) is 6.37. The Balaban J connectivity index is 3.11. The molecule has 0 radical (unpaired) electrons. The zero-order valence-corrected chi connectivity index (χ0v) is 7.18. The largest absolute Gasteiger partial charge is 0.296 e. The second kappa shape index (κ2) is 3.48. The molecule has 3 nitrogen and oxygen atoms in total. The molecule has 1 aromatic heterocycles. The summed E-state index contributed by atoms with van der Waals surface area (Å²) in [6.07, 6.45) is 2.61. The van der Waals surface area contributed by atoms with Crippen molar-refractivity contribution in [2.24, 2.45) is 0 Å². The van der Waals surface area contributed by atoms with Crippen LogP contribution in [0, 0.1) is 6.92 Å². The summed E-state index contributed by atoms with van der Waals surface area (Å²) < 4.78 is 0. The molecule has 0 saturated carbocycles. The van der Waals surface area contributed by atoms with Crippen molar-refractivity contribution < 1.29 is 4.79 Å². The van der Waals surface area contributed by atoms with Gasteiger partial charge in [0.2, 0.25) is 0 Å². The first-order valence-electron chi connectivity index (χ1n) is 3.11. The van der Waals surface area contributed by atoms with Gasteiger partial charge in [0.1, 0.15) is 5.69 Å². The summed E-state index contributed by atoms with van der Waals surface area (Å²) in [5, 5.41) is 0.645. The molecule has 0 aromatic carbocycles. The van der Waals surface area contributed by atoms with Crippen LogP contribution >= 0.6 is 11.8 Å². The lowest BCUT2D eigenvalue weighted by molar-refractivity contribution is 0.111. The van der Waals surface area contributed by atoms with Crippen molar-refractivity contribution in [1.82, 2.24) is 9.97 Å². The topological polar surface area (TPSA) is 42.9 Å². The van der Waals surface area contributed by atoms with Gasteiger partial charge in [-0.3, -0.25) is 4.79 Å². The second-order valence-corrected chi connectivity index (χ2v) is 2.81. The van der Waals surface area contributed by atoms with Crippen molar-refractivity contribution in [3.8, 4) is 0 Å². The summed E-state index contributed by atoms with van der Waals surface area (Å²) in [5.74, 6) is 0. The fraction of sp³-hybridized carbons (Fsp3) is 0.286. The number of hydrogen-bond acceptors (Lipinski definition) is 4. The van der Waals surface area contributed by atoms with Gasteiger partial charge < -0.3 is 0 Å². The summed E-state index contributed by atoms with van der Waals surface area (Å²) in [7, 11) is 0. The van der Waals surface area contributed by atoms with Crippen molar-refractivity contribution >= 4 is 18.0 Å². The number of carbonyl (C=O) groups is 1. The monoisotopic (exact) mass is 168 g/mol. The third-order valence-electron chi connectivity index (χ3n) is 1.16. The predicted molar refractivity (Wildman–Crippen MR) is 43.9 cm³/mol. The average Bonchev–Trinajstić information content (AvgIpc) is 2.03. The lowest BCUT2D eigenvalue weighted by atomic mass is 10.4. The van der Waals surface area contributed by atoms with Crippen molar-refractivity contribution in [2.75, 3.05) is 6.26 Å². The van der Waals surface area contributed by atoms with Gasteiger partial charge in [-0.2, -0.15) is 0 Å². The fourth-order valence-electron chi connectivity index (χ4n) is 0.717. The van der Waals surface area contributed by atoms with E-state index in [-0.39, 0.29) is 0 Å². The van der Waals surface area contributed by atoms with Gasteiger partial charge in [0, 0.05) is 5.69 Å². The Morgan fingerprint density at radius 1 is 1.55 bits per heavy atom. The lowest BCUT2D eigenvalue weighted by Crippen LogP contribution is -1.94. The van der Waals surface area contributed by atoms with Gasteiger partial charge >= 0.3 is 0 Å². The highest BCUT2D eigenvalue weighted by atomic mass is 32.2. The first-order chi connectivity index (χ1) is 5.26. The highest BCUT2D eigenvalue weighted by Gasteiger charge is 1.98. The number of thioether (sulfide) groups is 1. The Morgan fingerprint density at radius 3 is 2.82 bits per heavy atom. The molecule has 0 aliphatic carbocycles. The van der Waals surface area contributed by atoms with Gasteiger partial charge in [0.05, 0.1) is 0 Å². The molecule has 11 heavy (non-hydrogen) atoms. The first-order valence-corrected chi connectivity index (χ1v) is 4.33. The van der Waals surface area contributed by atoms with E-state index >= 15 is 0 Å². The maximum atomic E-state index is 10.3. The van der Waals surface area contributed by atoms with E-state index in [0.717, 1.165) is 12.0 Å². The third-order valence-corrected chi connectivity index (χ3v) is 1.70. The minimum absolute atomic E-state index is 0.446. The van der Waals surface area contributed by atoms with E-state index in [1.807, 2.05) is 13.2 Å². The Morgan fingerprint density at radius 2 is 2.27 bits per heavy atom. The Labute approximate surface area is 69.3 Å². The van der Waals surface area contributed by atoms with Crippen LogP contribution in [0.5, 0.6) is 0 Å². The molecule has 0 unspecified atom stereocenters. The Kier molecular flexibility index (Phi) is 2.59. The van der Waals surface area contributed by atoms with E-state index < -0.39 is 0 Å². The first kappa shape index (κ1) is 8.20. The summed E-state index contributed by atoms with van der Waals surface area (Å²) in [5.41, 5.74) is 1.27. The van der Waals surface area contributed by atoms with Crippen molar-refractivity contribution in [2.45, 2.75) is 12.1 Å². The number of carbonyl (C=O) groups excluding carboxylic acids is 1. The molecule has 1 aromatic rings. The number of aryl methyl sites for hydroxylation is 1. The summed E-state index contributed by atoms with van der Waals surface area (Å²) >= 11 is 1.43. The Hall–Kier alpha value is -0.900. The molecule has 0 fully saturated rings. The van der Waals surface area contributed by atoms with Gasteiger partial charge in [-0.05, 0) is 19.2 Å². The van der Waals surface area contributed by atoms with E-state index in [1.165, 1.54) is 11.8 Å². The minimum Gasteiger partial charge on any atom is -0.296 e. The second-order valence-electron chi connectivity index (χ2n) is 2.04. The van der Waals surface area contributed by atoms with Crippen LogP contribution < -0.4 is 0 Å². The van der Waals surface area contributed by atoms with E-state index in [4.69, 9.17) is 0 Å². The van der Waals surface area contributed by atoms with Crippen LogP contribution in [0.15, 0.2) is 11.2 Å². The molecule has 0 N–H and O–H groups in total. The predicted octanol–water partition coefficient (Wildman–Crippen LogP) is 1.32. The van der Waals surface area contributed by atoms with Crippen LogP contribution in [0.4, 0.5) is 0 Å². The molecule has 0 atom stereocenters. The summed E-state index contributed by atoms with van der Waals surface area (Å²) in [6.45, 7) is 1.84. The molecular formula is C7H8N2OS.